The molecule has 0 saturated heterocycles. The Bertz CT molecular complexity index is 1490. The van der Waals surface area contributed by atoms with Gasteiger partial charge < -0.3 is 43.2 Å². The molecule has 0 aliphatic heterocycles. The quantitative estimate of drug-likeness (QED) is 0.0134. The standard InChI is InChI=1S/C50H82NO11P/c1-6-8-10-11-12-13-14-15-16-17-18-19-20-21-22-23-24-29-33-39-50(56)62-46(44-61-63(57,58)60-42-41-51(3,4)5)43-59-49(55)40-34-38-48(54)47(53)37-32-28-26-25-27-31-36-45(52)35-30-9-7-2/h9,12-13,15-16,18-19,21-22,25-28,30-32,36-37,45-48,52-54H,6-8,10-11,14,17,20,23-24,29,33-35,38-44H2,1-5H3/b13-12-,16-15-,19-18-,22-21-,27-25+,28-26-,30-9-,36-31+,37-32-/t45-,46-,47+,48+/m1/s1. The second kappa shape index (κ2) is 40.1. The molecular weight excluding hydrogens is 822 g/mol. The first kappa shape index (κ1) is 59.5. The normalized spacial score (nSPS) is 16.0. The molecule has 0 fully saturated rings. The van der Waals surface area contributed by atoms with Crippen molar-refractivity contribution in [3.8, 4) is 0 Å². The number of ether oxygens (including phenoxy) is 2. The number of rotatable bonds is 39. The van der Waals surface area contributed by atoms with Crippen LogP contribution < -0.4 is 4.89 Å². The molecule has 5 atom stereocenters. The summed E-state index contributed by atoms with van der Waals surface area (Å²) in [6.07, 6.45) is 43.5. The molecule has 12 nitrogen and oxygen atoms in total. The van der Waals surface area contributed by atoms with Crippen molar-refractivity contribution in [3.63, 3.8) is 0 Å². The molecule has 3 N–H and O–H groups in total. The summed E-state index contributed by atoms with van der Waals surface area (Å²) >= 11 is 0. The largest absolute Gasteiger partial charge is 0.756 e. The highest BCUT2D eigenvalue weighted by molar-refractivity contribution is 7.45. The van der Waals surface area contributed by atoms with Crippen molar-refractivity contribution in [1.29, 1.82) is 0 Å². The van der Waals surface area contributed by atoms with Crippen molar-refractivity contribution in [2.75, 3.05) is 47.5 Å². The zero-order valence-electron chi connectivity index (χ0n) is 39.1. The van der Waals surface area contributed by atoms with Gasteiger partial charge in [-0.05, 0) is 77.0 Å². The van der Waals surface area contributed by atoms with E-state index < -0.39 is 57.4 Å². The van der Waals surface area contributed by atoms with Crippen LogP contribution in [0.25, 0.3) is 0 Å². The van der Waals surface area contributed by atoms with E-state index in [1.807, 2.05) is 40.2 Å². The summed E-state index contributed by atoms with van der Waals surface area (Å²) in [4.78, 5) is 37.7. The molecule has 0 aromatic heterocycles. The van der Waals surface area contributed by atoms with Crippen LogP contribution in [-0.2, 0) is 32.7 Å². The van der Waals surface area contributed by atoms with Gasteiger partial charge in [-0.25, -0.2) is 0 Å². The van der Waals surface area contributed by atoms with E-state index in [0.29, 0.717) is 23.9 Å². The van der Waals surface area contributed by atoms with Crippen LogP contribution in [0.4, 0.5) is 0 Å². The van der Waals surface area contributed by atoms with Gasteiger partial charge in [0, 0.05) is 12.8 Å². The summed E-state index contributed by atoms with van der Waals surface area (Å²) in [5.41, 5.74) is 0. The lowest BCUT2D eigenvalue weighted by atomic mass is 10.1. The Morgan fingerprint density at radius 2 is 1.22 bits per heavy atom. The predicted molar refractivity (Wildman–Crippen MR) is 253 cm³/mol. The number of quaternary nitrogens is 1. The van der Waals surface area contributed by atoms with Crippen LogP contribution in [0.15, 0.2) is 109 Å². The smallest absolute Gasteiger partial charge is 0.306 e. The molecule has 63 heavy (non-hydrogen) atoms. The van der Waals surface area contributed by atoms with E-state index >= 15 is 0 Å². The van der Waals surface area contributed by atoms with E-state index in [1.54, 1.807) is 42.5 Å². The number of aliphatic hydroxyl groups excluding tert-OH is 3. The number of esters is 2. The van der Waals surface area contributed by atoms with Gasteiger partial charge in [0.15, 0.2) is 6.10 Å². The van der Waals surface area contributed by atoms with Gasteiger partial charge in [0.05, 0.1) is 46.1 Å². The van der Waals surface area contributed by atoms with Crippen LogP contribution >= 0.6 is 7.82 Å². The molecule has 1 unspecified atom stereocenters. The Hall–Kier alpha value is -3.45. The number of carbonyl (C=O) groups is 2. The summed E-state index contributed by atoms with van der Waals surface area (Å²) in [5.74, 6) is -1.22. The molecule has 0 radical (unpaired) electrons. The Balaban J connectivity index is 4.74. The van der Waals surface area contributed by atoms with E-state index in [4.69, 9.17) is 18.5 Å². The lowest BCUT2D eigenvalue weighted by Crippen LogP contribution is -2.37. The van der Waals surface area contributed by atoms with Gasteiger partial charge in [-0.15, -0.1) is 0 Å². The third-order valence-corrected chi connectivity index (χ3v) is 10.1. The number of hydrogen-bond donors (Lipinski definition) is 3. The van der Waals surface area contributed by atoms with Crippen LogP contribution in [-0.4, -0.2) is 104 Å². The number of allylic oxidation sites excluding steroid dienone is 15. The van der Waals surface area contributed by atoms with Crippen molar-refractivity contribution in [2.45, 2.75) is 147 Å². The number of unbranched alkanes of at least 4 members (excludes halogenated alkanes) is 6. The van der Waals surface area contributed by atoms with Crippen molar-refractivity contribution >= 4 is 19.8 Å². The van der Waals surface area contributed by atoms with Crippen molar-refractivity contribution in [2.24, 2.45) is 0 Å². The SMILES string of the molecule is CC/C=C\C[C@@H](O)/C=C/C=C/C=C\C=C/[C@H](O)[C@@H](O)CCCC(=O)OC[C@H](COP(=O)([O-])OCC[N+](C)(C)C)OC(=O)CCCCC/C=C\C/C=C\C/C=C\C/C=C\CCCCC. The number of aliphatic hydroxyl groups is 3. The van der Waals surface area contributed by atoms with Gasteiger partial charge in [0.1, 0.15) is 19.8 Å². The van der Waals surface area contributed by atoms with Gasteiger partial charge in [-0.3, -0.25) is 14.2 Å². The monoisotopic (exact) mass is 904 g/mol. The maximum atomic E-state index is 12.7. The Morgan fingerprint density at radius 1 is 0.651 bits per heavy atom. The first-order valence-electron chi connectivity index (χ1n) is 22.9. The Morgan fingerprint density at radius 3 is 1.83 bits per heavy atom. The van der Waals surface area contributed by atoms with Gasteiger partial charge >= 0.3 is 11.9 Å². The van der Waals surface area contributed by atoms with Crippen LogP contribution in [0.5, 0.6) is 0 Å². The highest BCUT2D eigenvalue weighted by Gasteiger charge is 2.22. The van der Waals surface area contributed by atoms with E-state index in [-0.39, 0.29) is 32.3 Å². The molecule has 0 saturated carbocycles. The summed E-state index contributed by atoms with van der Waals surface area (Å²) in [6, 6.07) is 0. The zero-order valence-corrected chi connectivity index (χ0v) is 39.9. The fourth-order valence-electron chi connectivity index (χ4n) is 5.39. The number of likely N-dealkylation sites (N-methyl/N-ethyl adjacent to an activating group) is 1. The number of phosphoric acid groups is 1. The number of nitrogens with zero attached hydrogens (tertiary/aromatic N) is 1. The van der Waals surface area contributed by atoms with E-state index in [0.717, 1.165) is 51.4 Å². The van der Waals surface area contributed by atoms with E-state index in [1.165, 1.54) is 25.3 Å². The van der Waals surface area contributed by atoms with Crippen molar-refractivity contribution in [1.82, 2.24) is 0 Å². The van der Waals surface area contributed by atoms with Crippen LogP contribution in [0.1, 0.15) is 123 Å². The molecule has 0 aliphatic carbocycles. The molecule has 0 aromatic carbocycles. The minimum Gasteiger partial charge on any atom is -0.756 e. The minimum atomic E-state index is -4.73. The summed E-state index contributed by atoms with van der Waals surface area (Å²) in [7, 11) is 0.931. The third kappa shape index (κ3) is 42.3. The summed E-state index contributed by atoms with van der Waals surface area (Å²) < 4.78 is 33.6. The van der Waals surface area contributed by atoms with Crippen LogP contribution in [0.2, 0.25) is 0 Å². The first-order chi connectivity index (χ1) is 30.2. The fourth-order valence-corrected chi connectivity index (χ4v) is 6.12. The maximum absolute atomic E-state index is 12.7. The molecule has 0 aromatic rings. The lowest BCUT2D eigenvalue weighted by Gasteiger charge is -2.28. The van der Waals surface area contributed by atoms with Crippen LogP contribution in [0, 0.1) is 0 Å². The van der Waals surface area contributed by atoms with E-state index in [9.17, 15) is 34.4 Å². The average Bonchev–Trinajstić information content (AvgIpc) is 3.23. The molecular formula is C50H82NO11P. The lowest BCUT2D eigenvalue weighted by molar-refractivity contribution is -0.870. The van der Waals surface area contributed by atoms with Gasteiger partial charge in [0.2, 0.25) is 0 Å². The summed E-state index contributed by atoms with van der Waals surface area (Å²) in [6.45, 7) is 3.54. The third-order valence-electron chi connectivity index (χ3n) is 9.12. The fraction of sp³-hybridized carbons (Fsp3) is 0.600. The highest BCUT2D eigenvalue weighted by atomic mass is 31.2. The second-order valence-corrected chi connectivity index (χ2v) is 17.7. The molecule has 0 bridgehead atoms. The molecule has 0 rings (SSSR count). The number of carbonyl (C=O) groups excluding carboxylic acids is 2. The maximum Gasteiger partial charge on any atom is 0.306 e. The first-order valence-corrected chi connectivity index (χ1v) is 24.4. The molecule has 0 heterocycles. The molecule has 0 spiro atoms. The summed E-state index contributed by atoms with van der Waals surface area (Å²) in [5, 5.41) is 30.5. The van der Waals surface area contributed by atoms with Crippen LogP contribution in [0.3, 0.4) is 0 Å². The Labute approximate surface area is 380 Å². The molecule has 13 heteroatoms. The number of hydrogen-bond acceptors (Lipinski definition) is 11. The minimum absolute atomic E-state index is 0.0928. The average molecular weight is 904 g/mol. The number of phosphoric ester groups is 1. The van der Waals surface area contributed by atoms with Gasteiger partial charge in [-0.2, -0.15) is 0 Å². The molecule has 0 amide bonds. The zero-order chi connectivity index (χ0) is 46.9. The second-order valence-electron chi connectivity index (χ2n) is 16.2. The molecule has 0 aliphatic rings. The Kier molecular flexibility index (Phi) is 37.9. The van der Waals surface area contributed by atoms with E-state index in [2.05, 4.69) is 55.5 Å². The van der Waals surface area contributed by atoms with Gasteiger partial charge in [0.25, 0.3) is 7.82 Å². The molecule has 358 valence electrons. The predicted octanol–water partition coefficient (Wildman–Crippen LogP) is 9.41. The van der Waals surface area contributed by atoms with Gasteiger partial charge in [-0.1, -0.05) is 142 Å². The van der Waals surface area contributed by atoms with Crippen molar-refractivity contribution in [3.05, 3.63) is 109 Å². The highest BCUT2D eigenvalue weighted by Crippen LogP contribution is 2.38. The van der Waals surface area contributed by atoms with Crippen molar-refractivity contribution < 1.29 is 57.4 Å². The topological polar surface area (TPSA) is 172 Å².